The van der Waals surface area contributed by atoms with E-state index in [1.165, 1.54) is 19.1 Å². The molecule has 0 aliphatic heterocycles. The first kappa shape index (κ1) is 56.8. The zero-order chi connectivity index (χ0) is 54.8. The maximum Gasteiger partial charge on any atom is 0.437 e. The summed E-state index contributed by atoms with van der Waals surface area (Å²) in [5.74, 6) is -2.42. The van der Waals surface area contributed by atoms with Crippen LogP contribution < -0.4 is 31.9 Å². The maximum atomic E-state index is 14.4. The average molecular weight is 1050 g/mol. The number of alkyl carbamates (subject to hydrolysis) is 2. The van der Waals surface area contributed by atoms with Gasteiger partial charge in [-0.1, -0.05) is 152 Å². The SMILES string of the molecule is Cc1cc(O)cc(C)c1C[C@H](N/C(=N/C(=O)OCc1ccccc1)NC(=O)OCc1ccccc1)C(=O)N[C@H](C)C(=O)NCC(CN/C(=N\C(=O)OCc1ccccc1)NC(=O)OCc1ccccc1)Cc1ccccc1. The highest BCUT2D eigenvalue weighted by atomic mass is 16.6. The first-order chi connectivity index (χ1) is 37.3. The summed E-state index contributed by atoms with van der Waals surface area (Å²) in [5.41, 5.74) is 5.66. The molecule has 0 aliphatic carbocycles. The molecule has 6 amide bonds. The molecule has 6 aromatic carbocycles. The summed E-state index contributed by atoms with van der Waals surface area (Å²) in [7, 11) is 0. The van der Waals surface area contributed by atoms with Crippen molar-refractivity contribution in [2.24, 2.45) is 15.9 Å². The quantitative estimate of drug-likeness (QED) is 0.0219. The number of rotatable bonds is 20. The molecule has 0 aromatic heterocycles. The summed E-state index contributed by atoms with van der Waals surface area (Å²) in [6, 6.07) is 45.8. The molecule has 0 bridgehead atoms. The summed E-state index contributed by atoms with van der Waals surface area (Å²) in [5, 5.41) is 26.8. The standard InChI is InChI=1S/C58H62N8O11/c1-39-29-48(67)30-40(2)49(39)32-50(62-54(65-57(72)76-37-45-25-15-7-16-26-45)66-58(73)77-38-46-27-17-8-18-28-46)52(69)61-41(3)51(68)59-33-47(31-42-19-9-4-10-20-42)34-60-53(63-55(70)74-35-43-21-11-5-12-22-43)64-56(71)75-36-44-23-13-6-14-24-44/h4-30,41,47,50,67H,31-38H2,1-3H3,(H,59,68)(H,61,69)(H2,60,63,64,70,71)(H2,62,65,66,72,73)/t41-,47?,50+/m1/s1. The summed E-state index contributed by atoms with van der Waals surface area (Å²) in [6.45, 7) is 4.70. The van der Waals surface area contributed by atoms with Crippen molar-refractivity contribution >= 4 is 48.1 Å². The van der Waals surface area contributed by atoms with E-state index in [9.17, 15) is 33.9 Å². The smallest absolute Gasteiger partial charge is 0.437 e. The lowest BCUT2D eigenvalue weighted by molar-refractivity contribution is -0.129. The second-order valence-electron chi connectivity index (χ2n) is 17.7. The number of aromatic hydroxyl groups is 1. The Balaban J connectivity index is 1.17. The molecular formula is C58H62N8O11. The molecule has 0 heterocycles. The first-order valence-corrected chi connectivity index (χ1v) is 24.7. The van der Waals surface area contributed by atoms with Crippen LogP contribution in [0.4, 0.5) is 19.2 Å². The molecule has 6 aromatic rings. The summed E-state index contributed by atoms with van der Waals surface area (Å²) in [6.07, 6.45) is -3.63. The van der Waals surface area contributed by atoms with Gasteiger partial charge in [0, 0.05) is 19.5 Å². The number of hydrogen-bond acceptors (Lipinski definition) is 11. The van der Waals surface area contributed by atoms with E-state index in [-0.39, 0.29) is 57.6 Å². The molecule has 0 saturated carbocycles. The molecule has 19 heteroatoms. The van der Waals surface area contributed by atoms with Gasteiger partial charge in [-0.15, -0.1) is 9.98 Å². The van der Waals surface area contributed by atoms with Crippen molar-refractivity contribution in [3.63, 3.8) is 0 Å². The van der Waals surface area contributed by atoms with E-state index in [2.05, 4.69) is 41.9 Å². The molecule has 19 nitrogen and oxygen atoms in total. The lowest BCUT2D eigenvalue weighted by atomic mass is 9.95. The van der Waals surface area contributed by atoms with E-state index in [0.29, 0.717) is 34.2 Å². The highest BCUT2D eigenvalue weighted by molar-refractivity contribution is 6.01. The normalized spacial score (nSPS) is 12.4. The van der Waals surface area contributed by atoms with Crippen molar-refractivity contribution in [3.8, 4) is 5.75 Å². The van der Waals surface area contributed by atoms with E-state index in [0.717, 1.165) is 16.7 Å². The highest BCUT2D eigenvalue weighted by Crippen LogP contribution is 2.22. The van der Waals surface area contributed by atoms with Crippen molar-refractivity contribution in [3.05, 3.63) is 208 Å². The van der Waals surface area contributed by atoms with E-state index in [1.807, 2.05) is 54.6 Å². The van der Waals surface area contributed by atoms with Crippen molar-refractivity contribution in [2.45, 2.75) is 72.1 Å². The van der Waals surface area contributed by atoms with Gasteiger partial charge in [0.05, 0.1) is 0 Å². The number of hydrogen-bond donors (Lipinski definition) is 7. The molecule has 77 heavy (non-hydrogen) atoms. The van der Waals surface area contributed by atoms with Crippen LogP contribution in [-0.2, 0) is 67.8 Å². The Kier molecular flexibility index (Phi) is 22.1. The minimum absolute atomic E-state index is 0.0115. The summed E-state index contributed by atoms with van der Waals surface area (Å²) < 4.78 is 21.6. The number of nitrogens with one attached hydrogen (secondary N) is 6. The molecule has 1 unspecified atom stereocenters. The van der Waals surface area contributed by atoms with Crippen LogP contribution in [0.15, 0.2) is 174 Å². The van der Waals surface area contributed by atoms with E-state index in [4.69, 9.17) is 18.9 Å². The Bertz CT molecular complexity index is 2930. The molecule has 0 saturated heterocycles. The molecule has 7 N–H and O–H groups in total. The molecule has 400 valence electrons. The Labute approximate surface area is 446 Å². The predicted octanol–water partition coefficient (Wildman–Crippen LogP) is 7.82. The van der Waals surface area contributed by atoms with Crippen LogP contribution >= 0.6 is 0 Å². The zero-order valence-electron chi connectivity index (χ0n) is 42.9. The fraction of sp³-hybridized carbons (Fsp3) is 0.241. The third-order valence-electron chi connectivity index (χ3n) is 11.6. The fourth-order valence-corrected chi connectivity index (χ4v) is 7.66. The van der Waals surface area contributed by atoms with Gasteiger partial charge in [-0.25, -0.2) is 19.2 Å². The Morgan fingerprint density at radius 1 is 0.481 bits per heavy atom. The zero-order valence-corrected chi connectivity index (χ0v) is 42.9. The van der Waals surface area contributed by atoms with Gasteiger partial charge in [-0.05, 0) is 89.8 Å². The predicted molar refractivity (Wildman–Crippen MR) is 288 cm³/mol. The minimum atomic E-state index is -1.30. The van der Waals surface area contributed by atoms with Crippen molar-refractivity contribution < 1.29 is 52.8 Å². The number of carbonyl (C=O) groups is 6. The van der Waals surface area contributed by atoms with E-state index >= 15 is 0 Å². The second-order valence-corrected chi connectivity index (χ2v) is 17.7. The van der Waals surface area contributed by atoms with Gasteiger partial charge in [0.1, 0.15) is 44.3 Å². The topological polar surface area (TPSA) is 256 Å². The Hall–Kier alpha value is -9.52. The second kappa shape index (κ2) is 30.0. The number of benzene rings is 6. The lowest BCUT2D eigenvalue weighted by Crippen LogP contribution is -2.56. The van der Waals surface area contributed by atoms with Crippen LogP contribution in [0, 0.1) is 19.8 Å². The van der Waals surface area contributed by atoms with Crippen molar-refractivity contribution in [1.82, 2.24) is 31.9 Å². The Morgan fingerprint density at radius 3 is 1.32 bits per heavy atom. The Morgan fingerprint density at radius 2 is 0.870 bits per heavy atom. The molecule has 0 radical (unpaired) electrons. The first-order valence-electron chi connectivity index (χ1n) is 24.7. The maximum absolute atomic E-state index is 14.4. The molecule has 0 aliphatic rings. The number of nitrogens with zero attached hydrogens (tertiary/aromatic N) is 2. The molecule has 0 fully saturated rings. The van der Waals surface area contributed by atoms with Crippen LogP contribution in [0.5, 0.6) is 5.75 Å². The van der Waals surface area contributed by atoms with Crippen molar-refractivity contribution in [2.75, 3.05) is 13.1 Å². The van der Waals surface area contributed by atoms with Crippen LogP contribution in [0.1, 0.15) is 51.4 Å². The third-order valence-corrected chi connectivity index (χ3v) is 11.6. The highest BCUT2D eigenvalue weighted by Gasteiger charge is 2.28. The van der Waals surface area contributed by atoms with Crippen molar-refractivity contribution in [1.29, 1.82) is 0 Å². The van der Waals surface area contributed by atoms with E-state index < -0.39 is 60.1 Å². The van der Waals surface area contributed by atoms with Crippen LogP contribution in [-0.4, -0.2) is 78.4 Å². The van der Waals surface area contributed by atoms with Gasteiger partial charge in [0.2, 0.25) is 23.7 Å². The summed E-state index contributed by atoms with van der Waals surface area (Å²) in [4.78, 5) is 88.8. The van der Waals surface area contributed by atoms with Gasteiger partial charge < -0.3 is 45.3 Å². The monoisotopic (exact) mass is 1050 g/mol. The van der Waals surface area contributed by atoms with E-state index in [1.54, 1.807) is 111 Å². The number of phenols is 1. The number of aryl methyl sites for hydroxylation is 2. The van der Waals surface area contributed by atoms with Gasteiger partial charge >= 0.3 is 24.4 Å². The largest absolute Gasteiger partial charge is 0.508 e. The fourth-order valence-electron chi connectivity index (χ4n) is 7.66. The molecular weight excluding hydrogens is 985 g/mol. The molecule has 3 atom stereocenters. The number of amides is 6. The number of ether oxygens (including phenoxy) is 4. The number of guanidine groups is 2. The minimum Gasteiger partial charge on any atom is -0.508 e. The third kappa shape index (κ3) is 20.4. The number of aliphatic imine (C=N–C) groups is 2. The average Bonchev–Trinajstić information content (AvgIpc) is 3.43. The molecule has 6 rings (SSSR count). The number of carbonyl (C=O) groups excluding carboxylic acids is 6. The lowest BCUT2D eigenvalue weighted by Gasteiger charge is -2.25. The molecule has 0 spiro atoms. The number of phenolic OH excluding ortho intramolecular Hbond substituents is 1. The van der Waals surface area contributed by atoms with Gasteiger partial charge in [0.15, 0.2) is 0 Å². The summed E-state index contributed by atoms with van der Waals surface area (Å²) >= 11 is 0. The van der Waals surface area contributed by atoms with Gasteiger partial charge in [-0.3, -0.25) is 20.2 Å². The van der Waals surface area contributed by atoms with Crippen LogP contribution in [0.2, 0.25) is 0 Å². The van der Waals surface area contributed by atoms with Crippen LogP contribution in [0.25, 0.3) is 0 Å². The van der Waals surface area contributed by atoms with Gasteiger partial charge in [-0.2, -0.15) is 0 Å². The van der Waals surface area contributed by atoms with Gasteiger partial charge in [0.25, 0.3) is 0 Å². The van der Waals surface area contributed by atoms with Crippen LogP contribution in [0.3, 0.4) is 0 Å².